The third kappa shape index (κ3) is 3.40. The van der Waals surface area contributed by atoms with E-state index in [-0.39, 0.29) is 12.6 Å². The molecule has 0 atom stereocenters. The maximum atomic E-state index is 11.6. The number of carbonyl (C=O) groups excluding carboxylic acids is 1. The highest BCUT2D eigenvalue weighted by Crippen LogP contribution is 2.25. The molecule has 0 aromatic carbocycles. The predicted molar refractivity (Wildman–Crippen MR) is 64.8 cm³/mol. The summed E-state index contributed by atoms with van der Waals surface area (Å²) in [5.41, 5.74) is 1.38. The van der Waals surface area contributed by atoms with Gasteiger partial charge in [-0.1, -0.05) is 0 Å². The van der Waals surface area contributed by atoms with Crippen LogP contribution in [0.4, 0.5) is 0 Å². The van der Waals surface area contributed by atoms with E-state index in [4.69, 9.17) is 9.62 Å². The molecule has 0 saturated carbocycles. The molecule has 15 heavy (non-hydrogen) atoms. The van der Waals surface area contributed by atoms with Gasteiger partial charge in [-0.2, -0.15) is 0 Å². The van der Waals surface area contributed by atoms with Crippen molar-refractivity contribution in [2.75, 3.05) is 13.7 Å². The number of ether oxygens (including phenoxy) is 1. The van der Waals surface area contributed by atoms with Crippen LogP contribution in [0.3, 0.4) is 0 Å². The molecule has 0 N–H and O–H groups in total. The van der Waals surface area contributed by atoms with Gasteiger partial charge in [0.05, 0.1) is 22.2 Å². The van der Waals surface area contributed by atoms with Gasteiger partial charge in [0.2, 0.25) is 0 Å². The van der Waals surface area contributed by atoms with Crippen LogP contribution in [0.5, 0.6) is 0 Å². The van der Waals surface area contributed by atoms with Crippen LogP contribution < -0.4 is 0 Å². The number of hydrogen-bond donors (Lipinski definition) is 0. The fourth-order valence-corrected chi connectivity index (χ4v) is 2.72. The molecule has 0 aliphatic heterocycles. The lowest BCUT2D eigenvalue weighted by Gasteiger charge is -2.04. The molecule has 1 rings (SSSR count). The van der Waals surface area contributed by atoms with Crippen molar-refractivity contribution >= 4 is 39.9 Å². The van der Waals surface area contributed by atoms with Crippen molar-refractivity contribution in [3.8, 4) is 0 Å². The molecule has 0 unspecified atom stereocenters. The molecule has 0 aliphatic rings. The third-order valence-electron chi connectivity index (χ3n) is 1.63. The Morgan fingerprint density at radius 3 is 2.93 bits per heavy atom. The van der Waals surface area contributed by atoms with Crippen LogP contribution in [-0.4, -0.2) is 19.7 Å². The summed E-state index contributed by atoms with van der Waals surface area (Å²) in [7, 11) is 1.43. The van der Waals surface area contributed by atoms with Crippen LogP contribution in [0, 0.1) is 2.88 Å². The lowest BCUT2D eigenvalue weighted by Crippen LogP contribution is -2.08. The minimum Gasteiger partial charge on any atom is -0.462 e. The van der Waals surface area contributed by atoms with E-state index in [1.54, 1.807) is 6.92 Å². The second-order valence-electron chi connectivity index (χ2n) is 2.56. The van der Waals surface area contributed by atoms with Gasteiger partial charge < -0.3 is 4.74 Å². The van der Waals surface area contributed by atoms with Gasteiger partial charge >= 0.3 is 5.97 Å². The number of halogens is 1. The molecule has 84 valence electrons. The first-order chi connectivity index (χ1) is 7.20. The highest BCUT2D eigenvalue weighted by molar-refractivity contribution is 14.1. The third-order valence-corrected chi connectivity index (χ3v) is 3.75. The van der Waals surface area contributed by atoms with Gasteiger partial charge in [0.15, 0.2) is 0 Å². The summed E-state index contributed by atoms with van der Waals surface area (Å²) in [5, 5.41) is 1.87. The van der Waals surface area contributed by atoms with E-state index in [9.17, 15) is 4.79 Å². The topological polar surface area (TPSA) is 44.8 Å². The van der Waals surface area contributed by atoms with Crippen molar-refractivity contribution in [1.82, 2.24) is 0 Å². The lowest BCUT2D eigenvalue weighted by atomic mass is 10.2. The van der Waals surface area contributed by atoms with E-state index < -0.39 is 0 Å². The maximum Gasteiger partial charge on any atom is 0.340 e. The Kier molecular flexibility index (Phi) is 5.51. The second kappa shape index (κ2) is 6.41. The average molecular weight is 342 g/mol. The number of carbonyl (C=O) groups is 1. The second-order valence-corrected chi connectivity index (χ2v) is 5.25. The first kappa shape index (κ1) is 12.9. The lowest BCUT2D eigenvalue weighted by molar-refractivity contribution is -0.282. The van der Waals surface area contributed by atoms with Crippen LogP contribution in [0.25, 0.3) is 0 Å². The van der Waals surface area contributed by atoms with Crippen LogP contribution in [-0.2, 0) is 21.1 Å². The van der Waals surface area contributed by atoms with Crippen LogP contribution in [0.2, 0.25) is 0 Å². The van der Waals surface area contributed by atoms with Crippen molar-refractivity contribution in [3.63, 3.8) is 0 Å². The van der Waals surface area contributed by atoms with Crippen molar-refractivity contribution in [2.45, 2.75) is 13.5 Å². The fourth-order valence-electron chi connectivity index (χ4n) is 1.01. The van der Waals surface area contributed by atoms with Gasteiger partial charge in [0, 0.05) is 5.56 Å². The summed E-state index contributed by atoms with van der Waals surface area (Å²) in [6.07, 6.45) is 0. The molecule has 1 aromatic heterocycles. The van der Waals surface area contributed by atoms with E-state index in [1.165, 1.54) is 18.4 Å². The highest BCUT2D eigenvalue weighted by atomic mass is 127. The van der Waals surface area contributed by atoms with E-state index in [2.05, 4.69) is 27.5 Å². The monoisotopic (exact) mass is 342 g/mol. The van der Waals surface area contributed by atoms with Crippen LogP contribution in [0.15, 0.2) is 5.38 Å². The van der Waals surface area contributed by atoms with E-state index >= 15 is 0 Å². The van der Waals surface area contributed by atoms with Gasteiger partial charge in [0.25, 0.3) is 0 Å². The van der Waals surface area contributed by atoms with E-state index in [1.807, 2.05) is 5.38 Å². The molecule has 0 amide bonds. The summed E-state index contributed by atoms with van der Waals surface area (Å²) in [6.45, 7) is 2.40. The first-order valence-electron chi connectivity index (χ1n) is 4.29. The maximum absolute atomic E-state index is 11.6. The normalized spacial score (nSPS) is 10.3. The van der Waals surface area contributed by atoms with Crippen molar-refractivity contribution in [2.24, 2.45) is 0 Å². The zero-order chi connectivity index (χ0) is 11.3. The van der Waals surface area contributed by atoms with Gasteiger partial charge in [-0.3, -0.25) is 0 Å². The summed E-state index contributed by atoms with van der Waals surface area (Å²) >= 11 is 3.60. The van der Waals surface area contributed by atoms with Gasteiger partial charge in [-0.15, -0.1) is 11.3 Å². The zero-order valence-electron chi connectivity index (χ0n) is 8.41. The molecular formula is C9H11IO4S. The van der Waals surface area contributed by atoms with Crippen molar-refractivity contribution < 1.29 is 19.3 Å². The quantitative estimate of drug-likeness (QED) is 0.357. The van der Waals surface area contributed by atoms with Gasteiger partial charge in [0.1, 0.15) is 6.61 Å². The molecule has 6 heteroatoms. The molecule has 0 spiro atoms. The van der Waals surface area contributed by atoms with Gasteiger partial charge in [-0.25, -0.2) is 14.6 Å². The molecule has 1 aromatic rings. The Morgan fingerprint density at radius 2 is 2.33 bits per heavy atom. The minimum absolute atomic E-state index is 0.254. The summed E-state index contributed by atoms with van der Waals surface area (Å²) < 4.78 is 5.86. The average Bonchev–Trinajstić information content (AvgIpc) is 2.57. The fraction of sp³-hybridized carbons (Fsp3) is 0.444. The molecule has 0 bridgehead atoms. The smallest absolute Gasteiger partial charge is 0.340 e. The minimum atomic E-state index is -0.308. The molecule has 0 radical (unpaired) electrons. The number of hydrogen-bond acceptors (Lipinski definition) is 5. The largest absolute Gasteiger partial charge is 0.462 e. The Bertz CT molecular complexity index is 337. The summed E-state index contributed by atoms with van der Waals surface area (Å²) in [4.78, 5) is 20.9. The standard InChI is InChI=1S/C9H11IO4S/c1-3-13-9(11)7-6(4-14-12-2)5-15-8(7)10/h5H,3-4H2,1-2H3. The molecule has 0 saturated heterocycles. The van der Waals surface area contributed by atoms with E-state index in [0.29, 0.717) is 12.2 Å². The van der Waals surface area contributed by atoms with E-state index in [0.717, 1.165) is 8.45 Å². The van der Waals surface area contributed by atoms with Crippen molar-refractivity contribution in [1.29, 1.82) is 0 Å². The predicted octanol–water partition coefficient (Wildman–Crippen LogP) is 2.61. The van der Waals surface area contributed by atoms with Crippen molar-refractivity contribution in [3.05, 3.63) is 19.4 Å². The van der Waals surface area contributed by atoms with Gasteiger partial charge in [-0.05, 0) is 34.9 Å². The first-order valence-corrected chi connectivity index (χ1v) is 6.25. The Hall–Kier alpha value is -0.180. The number of rotatable bonds is 5. The Morgan fingerprint density at radius 1 is 1.60 bits per heavy atom. The zero-order valence-corrected chi connectivity index (χ0v) is 11.4. The van der Waals surface area contributed by atoms with Crippen LogP contribution in [0.1, 0.15) is 22.8 Å². The summed E-state index contributed by atoms with van der Waals surface area (Å²) in [6, 6.07) is 0. The SMILES string of the molecule is CCOC(=O)c1c(COOC)csc1I. The molecule has 0 aliphatic carbocycles. The molecule has 0 fully saturated rings. The highest BCUT2D eigenvalue weighted by Gasteiger charge is 2.18. The number of esters is 1. The molecule has 4 nitrogen and oxygen atoms in total. The summed E-state index contributed by atoms with van der Waals surface area (Å²) in [5.74, 6) is -0.308. The Labute approximate surface area is 106 Å². The number of thiophene rings is 1. The molecule has 1 heterocycles. The Balaban J connectivity index is 2.83. The van der Waals surface area contributed by atoms with Crippen LogP contribution >= 0.6 is 33.9 Å². The molecular weight excluding hydrogens is 331 g/mol.